The molecule has 0 saturated carbocycles. The van der Waals surface area contributed by atoms with Crippen molar-refractivity contribution in [2.45, 2.75) is 25.8 Å². The molecule has 0 bridgehead atoms. The summed E-state index contributed by atoms with van der Waals surface area (Å²) in [6.45, 7) is 2.26. The van der Waals surface area contributed by atoms with Gasteiger partial charge in [-0.2, -0.15) is 0 Å². The van der Waals surface area contributed by atoms with E-state index >= 15 is 0 Å². The molecule has 7 heteroatoms. The minimum atomic E-state index is -0.944. The number of piperidine rings is 1. The molecule has 1 unspecified atom stereocenters. The normalized spacial score (nSPS) is 21.0. The first-order chi connectivity index (χ1) is 10.5. The maximum absolute atomic E-state index is 12.5. The summed E-state index contributed by atoms with van der Waals surface area (Å²) < 4.78 is 5.32. The molecule has 1 atom stereocenters. The molecule has 2 aliphatic heterocycles. The van der Waals surface area contributed by atoms with E-state index in [0.717, 1.165) is 4.90 Å². The molecule has 22 heavy (non-hydrogen) atoms. The van der Waals surface area contributed by atoms with Crippen molar-refractivity contribution in [3.05, 3.63) is 29.3 Å². The second-order valence-electron chi connectivity index (χ2n) is 5.09. The average Bonchev–Trinajstić information content (AvgIpc) is 2.72. The third kappa shape index (κ3) is 2.14. The molecule has 4 amide bonds. The average molecular weight is 302 g/mol. The summed E-state index contributed by atoms with van der Waals surface area (Å²) in [4.78, 5) is 48.9. The molecular formula is C15H14N2O5. The second-order valence-corrected chi connectivity index (χ2v) is 5.09. The van der Waals surface area contributed by atoms with E-state index in [9.17, 15) is 19.2 Å². The Labute approximate surface area is 126 Å². The molecule has 1 N–H and O–H groups in total. The van der Waals surface area contributed by atoms with Gasteiger partial charge in [0, 0.05) is 6.42 Å². The van der Waals surface area contributed by atoms with Gasteiger partial charge in [0.05, 0.1) is 17.7 Å². The van der Waals surface area contributed by atoms with Crippen LogP contribution >= 0.6 is 0 Å². The summed E-state index contributed by atoms with van der Waals surface area (Å²) >= 11 is 0. The van der Waals surface area contributed by atoms with Crippen molar-refractivity contribution in [3.63, 3.8) is 0 Å². The number of fused-ring (bicyclic) bond motifs is 1. The number of benzene rings is 1. The maximum Gasteiger partial charge on any atom is 0.262 e. The monoisotopic (exact) mass is 302 g/mol. The zero-order valence-corrected chi connectivity index (χ0v) is 11.9. The van der Waals surface area contributed by atoms with Gasteiger partial charge in [0.1, 0.15) is 11.8 Å². The van der Waals surface area contributed by atoms with Crippen molar-refractivity contribution < 1.29 is 23.9 Å². The minimum absolute atomic E-state index is 0.105. The van der Waals surface area contributed by atoms with Crippen LogP contribution in [0.1, 0.15) is 40.5 Å². The molecule has 1 aromatic carbocycles. The van der Waals surface area contributed by atoms with Gasteiger partial charge in [-0.05, 0) is 31.5 Å². The van der Waals surface area contributed by atoms with Gasteiger partial charge in [-0.15, -0.1) is 0 Å². The van der Waals surface area contributed by atoms with Crippen LogP contribution in [0.3, 0.4) is 0 Å². The lowest BCUT2D eigenvalue weighted by atomic mass is 10.0. The summed E-state index contributed by atoms with van der Waals surface area (Å²) in [6.07, 6.45) is 0.252. The number of nitrogens with zero attached hydrogens (tertiary/aromatic N) is 1. The van der Waals surface area contributed by atoms with Crippen molar-refractivity contribution >= 4 is 23.6 Å². The molecule has 1 fully saturated rings. The molecule has 3 rings (SSSR count). The van der Waals surface area contributed by atoms with E-state index in [1.165, 1.54) is 12.1 Å². The first-order valence-electron chi connectivity index (χ1n) is 7.01. The lowest BCUT2D eigenvalue weighted by Crippen LogP contribution is -2.54. The van der Waals surface area contributed by atoms with Gasteiger partial charge in [-0.3, -0.25) is 29.4 Å². The minimum Gasteiger partial charge on any atom is -0.494 e. The third-order valence-corrected chi connectivity index (χ3v) is 3.72. The van der Waals surface area contributed by atoms with Crippen molar-refractivity contribution in [2.24, 2.45) is 0 Å². The Balaban J connectivity index is 1.93. The van der Waals surface area contributed by atoms with Gasteiger partial charge >= 0.3 is 0 Å². The summed E-state index contributed by atoms with van der Waals surface area (Å²) in [7, 11) is 0. The zero-order valence-electron chi connectivity index (χ0n) is 11.9. The Morgan fingerprint density at radius 2 is 1.91 bits per heavy atom. The fourth-order valence-corrected chi connectivity index (χ4v) is 2.71. The largest absolute Gasteiger partial charge is 0.494 e. The van der Waals surface area contributed by atoms with E-state index in [1.54, 1.807) is 6.07 Å². The van der Waals surface area contributed by atoms with Crippen molar-refractivity contribution in [2.75, 3.05) is 6.61 Å². The van der Waals surface area contributed by atoms with Crippen LogP contribution in [0, 0.1) is 0 Å². The fraction of sp³-hybridized carbons (Fsp3) is 0.333. The van der Waals surface area contributed by atoms with Crippen molar-refractivity contribution in [3.8, 4) is 5.75 Å². The van der Waals surface area contributed by atoms with Gasteiger partial charge in [-0.1, -0.05) is 0 Å². The lowest BCUT2D eigenvalue weighted by molar-refractivity contribution is -0.136. The summed E-state index contributed by atoms with van der Waals surface area (Å²) in [5.41, 5.74) is 0.471. The Morgan fingerprint density at radius 1 is 1.18 bits per heavy atom. The Kier molecular flexibility index (Phi) is 3.40. The van der Waals surface area contributed by atoms with Crippen LogP contribution in [0.2, 0.25) is 0 Å². The highest BCUT2D eigenvalue weighted by molar-refractivity contribution is 6.23. The number of carbonyl (C=O) groups excluding carboxylic acids is 4. The number of rotatable bonds is 3. The van der Waals surface area contributed by atoms with Crippen LogP contribution in [0.4, 0.5) is 0 Å². The van der Waals surface area contributed by atoms with Crippen LogP contribution in [0.25, 0.3) is 0 Å². The predicted octanol–water partition coefficient (Wildman–Crippen LogP) is 0.486. The molecule has 0 aliphatic carbocycles. The van der Waals surface area contributed by atoms with Crippen molar-refractivity contribution in [1.82, 2.24) is 10.2 Å². The topological polar surface area (TPSA) is 92.8 Å². The Morgan fingerprint density at radius 3 is 2.59 bits per heavy atom. The Hall–Kier alpha value is -2.70. The second kappa shape index (κ2) is 5.25. The number of carbonyl (C=O) groups is 4. The molecule has 0 radical (unpaired) electrons. The van der Waals surface area contributed by atoms with Gasteiger partial charge in [0.2, 0.25) is 11.8 Å². The summed E-state index contributed by atoms with van der Waals surface area (Å²) in [6, 6.07) is 3.69. The molecule has 7 nitrogen and oxygen atoms in total. The van der Waals surface area contributed by atoms with Crippen LogP contribution in [0.15, 0.2) is 18.2 Å². The number of ether oxygens (including phenoxy) is 1. The third-order valence-electron chi connectivity index (χ3n) is 3.72. The number of hydrogen-bond acceptors (Lipinski definition) is 5. The molecule has 114 valence electrons. The molecule has 1 saturated heterocycles. The highest BCUT2D eigenvalue weighted by atomic mass is 16.5. The number of amides is 4. The molecule has 0 spiro atoms. The SMILES string of the molecule is CCOc1ccc2c(c1)C(=O)N(C1CCC(=O)NC1=O)C2=O. The highest BCUT2D eigenvalue weighted by Gasteiger charge is 2.44. The van der Waals surface area contributed by atoms with Gasteiger partial charge < -0.3 is 4.74 Å². The smallest absolute Gasteiger partial charge is 0.262 e. The summed E-state index contributed by atoms with van der Waals surface area (Å²) in [5.74, 6) is -1.56. The quantitative estimate of drug-likeness (QED) is 0.820. The molecule has 0 aromatic heterocycles. The first kappa shape index (κ1) is 14.2. The first-order valence-corrected chi connectivity index (χ1v) is 7.01. The lowest BCUT2D eigenvalue weighted by Gasteiger charge is -2.27. The maximum atomic E-state index is 12.5. The number of nitrogens with one attached hydrogen (secondary N) is 1. The summed E-state index contributed by atoms with van der Waals surface area (Å²) in [5, 5.41) is 2.16. The highest BCUT2D eigenvalue weighted by Crippen LogP contribution is 2.30. The Bertz CT molecular complexity index is 697. The molecule has 2 heterocycles. The standard InChI is InChI=1S/C15H14N2O5/c1-2-22-8-3-4-9-10(7-8)15(21)17(14(9)20)11-5-6-12(18)16-13(11)19/h3-4,7,11H,2,5-6H2,1H3,(H,16,18,19). The predicted molar refractivity (Wildman–Crippen MR) is 74.3 cm³/mol. The zero-order chi connectivity index (χ0) is 15.9. The van der Waals surface area contributed by atoms with E-state index in [-0.39, 0.29) is 24.0 Å². The van der Waals surface area contributed by atoms with E-state index in [4.69, 9.17) is 4.74 Å². The van der Waals surface area contributed by atoms with Crippen LogP contribution in [0.5, 0.6) is 5.75 Å². The van der Waals surface area contributed by atoms with Gasteiger partial charge in [0.15, 0.2) is 0 Å². The van der Waals surface area contributed by atoms with E-state index in [1.807, 2.05) is 6.92 Å². The van der Waals surface area contributed by atoms with E-state index in [0.29, 0.717) is 12.4 Å². The number of imide groups is 2. The number of hydrogen-bond donors (Lipinski definition) is 1. The molecule has 1 aromatic rings. The van der Waals surface area contributed by atoms with Crippen LogP contribution in [-0.2, 0) is 9.59 Å². The van der Waals surface area contributed by atoms with Gasteiger partial charge in [0.25, 0.3) is 11.8 Å². The van der Waals surface area contributed by atoms with Crippen LogP contribution < -0.4 is 10.1 Å². The fourth-order valence-electron chi connectivity index (χ4n) is 2.71. The molecular weight excluding hydrogens is 288 g/mol. The van der Waals surface area contributed by atoms with E-state index in [2.05, 4.69) is 5.32 Å². The van der Waals surface area contributed by atoms with Gasteiger partial charge in [-0.25, -0.2) is 0 Å². The van der Waals surface area contributed by atoms with Crippen LogP contribution in [-0.4, -0.2) is 41.2 Å². The van der Waals surface area contributed by atoms with Crippen molar-refractivity contribution in [1.29, 1.82) is 0 Å². The van der Waals surface area contributed by atoms with E-state index < -0.39 is 29.7 Å². The molecule has 2 aliphatic rings.